The Morgan fingerprint density at radius 1 is 1.04 bits per heavy atom. The van der Waals surface area contributed by atoms with E-state index >= 15 is 0 Å². The number of fused-ring (bicyclic) bond motifs is 2. The van der Waals surface area contributed by atoms with Gasteiger partial charge in [0.15, 0.2) is 4.80 Å². The molecule has 0 fully saturated rings. The predicted molar refractivity (Wildman–Crippen MR) is 181 cm³/mol. The topological polar surface area (TPSA) is 109 Å². The number of benzene rings is 3. The zero-order chi connectivity index (χ0) is 33.2. The summed E-state index contributed by atoms with van der Waals surface area (Å²) >= 11 is 7.44. The first-order chi connectivity index (χ1) is 22.8. The molecule has 240 valence electrons. The lowest BCUT2D eigenvalue weighted by Crippen LogP contribution is -2.40. The average Bonchev–Trinajstić information content (AvgIpc) is 3.67. The molecule has 0 N–H and O–H groups in total. The number of carbonyl (C=O) groups is 2. The molecule has 0 bridgehead atoms. The van der Waals surface area contributed by atoms with E-state index in [0.29, 0.717) is 60.4 Å². The summed E-state index contributed by atoms with van der Waals surface area (Å²) in [5, 5.41) is 2.19. The molecule has 0 aliphatic carbocycles. The van der Waals surface area contributed by atoms with Crippen LogP contribution >= 0.6 is 22.9 Å². The number of hydrogen-bond donors (Lipinski definition) is 0. The third kappa shape index (κ3) is 5.90. The SMILES string of the molecule is CCCC1=C(C(=O)OCC)[C@H](c2c(OC)ccc3ccccc23)n2c(s/c(=C/c3ccc(-c4cc(Cl)ccc4C(=O)OC)o3)c2=O)=N1. The van der Waals surface area contributed by atoms with Crippen molar-refractivity contribution in [2.45, 2.75) is 32.7 Å². The number of thiazole rings is 1. The van der Waals surface area contributed by atoms with Crippen LogP contribution < -0.4 is 19.6 Å². The molecule has 0 radical (unpaired) electrons. The number of rotatable bonds is 9. The van der Waals surface area contributed by atoms with Crippen molar-refractivity contribution in [3.05, 3.63) is 120 Å². The Bertz CT molecular complexity index is 2250. The zero-order valence-electron chi connectivity index (χ0n) is 26.2. The molecule has 0 saturated heterocycles. The summed E-state index contributed by atoms with van der Waals surface area (Å²) in [6.07, 6.45) is 2.86. The number of methoxy groups -OCH3 is 2. The molecule has 1 aliphatic rings. The number of halogens is 1. The number of esters is 2. The zero-order valence-corrected chi connectivity index (χ0v) is 27.7. The maximum absolute atomic E-state index is 14.4. The maximum atomic E-state index is 14.4. The van der Waals surface area contributed by atoms with Gasteiger partial charge in [0.05, 0.1) is 42.2 Å². The summed E-state index contributed by atoms with van der Waals surface area (Å²) in [6.45, 7) is 3.92. The van der Waals surface area contributed by atoms with Gasteiger partial charge in [-0.3, -0.25) is 9.36 Å². The van der Waals surface area contributed by atoms with Gasteiger partial charge >= 0.3 is 11.9 Å². The fraction of sp³-hybridized carbons (Fsp3) is 0.222. The minimum atomic E-state index is -0.865. The van der Waals surface area contributed by atoms with E-state index in [1.165, 1.54) is 18.4 Å². The minimum Gasteiger partial charge on any atom is -0.496 e. The molecule has 6 rings (SSSR count). The largest absolute Gasteiger partial charge is 0.496 e. The van der Waals surface area contributed by atoms with Gasteiger partial charge in [-0.15, -0.1) is 0 Å². The van der Waals surface area contributed by atoms with E-state index in [1.54, 1.807) is 55.0 Å². The first kappa shape index (κ1) is 32.0. The normalized spacial score (nSPS) is 14.6. The molecule has 2 aromatic heterocycles. The van der Waals surface area contributed by atoms with Crippen molar-refractivity contribution in [3.63, 3.8) is 0 Å². The Morgan fingerprint density at radius 2 is 1.85 bits per heavy atom. The monoisotopic (exact) mass is 670 g/mol. The van der Waals surface area contributed by atoms with Crippen molar-refractivity contribution in [1.29, 1.82) is 0 Å². The van der Waals surface area contributed by atoms with Crippen molar-refractivity contribution < 1.29 is 28.2 Å². The van der Waals surface area contributed by atoms with E-state index in [-0.39, 0.29) is 17.7 Å². The lowest BCUT2D eigenvalue weighted by atomic mass is 9.90. The number of furan rings is 1. The Kier molecular flexibility index (Phi) is 9.15. The van der Waals surface area contributed by atoms with E-state index in [2.05, 4.69) is 0 Å². The second-order valence-corrected chi connectivity index (χ2v) is 12.1. The number of carbonyl (C=O) groups excluding carboxylic acids is 2. The molecule has 0 amide bonds. The number of nitrogens with zero attached hydrogens (tertiary/aromatic N) is 2. The molecule has 1 atom stereocenters. The highest BCUT2D eigenvalue weighted by Gasteiger charge is 2.37. The number of ether oxygens (including phenoxy) is 3. The molecule has 47 heavy (non-hydrogen) atoms. The van der Waals surface area contributed by atoms with Crippen LogP contribution in [0, 0.1) is 0 Å². The van der Waals surface area contributed by atoms with Crippen LogP contribution in [0.15, 0.2) is 92.2 Å². The van der Waals surface area contributed by atoms with Crippen molar-refractivity contribution in [1.82, 2.24) is 4.57 Å². The molecular formula is C36H31ClN2O7S. The highest BCUT2D eigenvalue weighted by Crippen LogP contribution is 2.41. The van der Waals surface area contributed by atoms with Crippen LogP contribution in [0.25, 0.3) is 28.2 Å². The molecule has 1 aliphatic heterocycles. The third-order valence-electron chi connectivity index (χ3n) is 7.87. The van der Waals surface area contributed by atoms with Crippen molar-refractivity contribution in [2.24, 2.45) is 4.99 Å². The molecule has 0 spiro atoms. The minimum absolute atomic E-state index is 0.163. The van der Waals surface area contributed by atoms with Crippen LogP contribution in [0.4, 0.5) is 0 Å². The van der Waals surface area contributed by atoms with Gasteiger partial charge in [0.25, 0.3) is 5.56 Å². The highest BCUT2D eigenvalue weighted by molar-refractivity contribution is 7.07. The summed E-state index contributed by atoms with van der Waals surface area (Å²) in [7, 11) is 2.87. The summed E-state index contributed by atoms with van der Waals surface area (Å²) in [6, 6.07) is 18.9. The van der Waals surface area contributed by atoms with Gasteiger partial charge in [0.1, 0.15) is 23.3 Å². The van der Waals surface area contributed by atoms with E-state index in [0.717, 1.165) is 17.2 Å². The molecule has 5 aromatic rings. The van der Waals surface area contributed by atoms with Crippen LogP contribution in [-0.4, -0.2) is 37.3 Å². The van der Waals surface area contributed by atoms with E-state index in [1.807, 2.05) is 43.3 Å². The van der Waals surface area contributed by atoms with Gasteiger partial charge in [-0.1, -0.05) is 66.6 Å². The van der Waals surface area contributed by atoms with Gasteiger partial charge in [0, 0.05) is 22.2 Å². The quantitative estimate of drug-likeness (QED) is 0.166. The Balaban J connectivity index is 1.58. The molecule has 0 unspecified atom stereocenters. The van der Waals surface area contributed by atoms with Gasteiger partial charge in [-0.25, -0.2) is 14.6 Å². The molecule has 3 heterocycles. The van der Waals surface area contributed by atoms with Gasteiger partial charge in [-0.05, 0) is 60.5 Å². The number of aromatic nitrogens is 1. The average molecular weight is 671 g/mol. The Hall–Kier alpha value is -4.93. The van der Waals surface area contributed by atoms with Crippen LogP contribution in [0.3, 0.4) is 0 Å². The fourth-order valence-corrected chi connectivity index (χ4v) is 7.01. The molecule has 0 saturated carbocycles. The van der Waals surface area contributed by atoms with E-state index in [4.69, 9.17) is 35.2 Å². The van der Waals surface area contributed by atoms with Crippen LogP contribution in [0.5, 0.6) is 5.75 Å². The first-order valence-electron chi connectivity index (χ1n) is 15.0. The van der Waals surface area contributed by atoms with Crippen LogP contribution in [0.1, 0.15) is 54.4 Å². The van der Waals surface area contributed by atoms with Crippen LogP contribution in [-0.2, 0) is 14.3 Å². The standard InChI is InChI=1S/C36H31ClN2O7S/c1-5-9-26-31(35(42)45-6-2)32(30-23-11-8-7-10-20(23)12-16-28(30)43-3)39-33(40)29(47-36(39)38-26)19-22-14-17-27(46-22)25-18-21(37)13-15-24(25)34(41)44-4/h7-8,10-19,32H,5-6,9H2,1-4H3/b29-19+/t32-/m0/s1. The van der Waals surface area contributed by atoms with Crippen molar-refractivity contribution in [2.75, 3.05) is 20.8 Å². The molecular weight excluding hydrogens is 640 g/mol. The van der Waals surface area contributed by atoms with Crippen molar-refractivity contribution in [3.8, 4) is 17.1 Å². The fourth-order valence-electron chi connectivity index (χ4n) is 5.84. The second kappa shape index (κ2) is 13.4. The predicted octanol–water partition coefficient (Wildman–Crippen LogP) is 6.44. The summed E-state index contributed by atoms with van der Waals surface area (Å²) in [5.74, 6) is 0.208. The summed E-state index contributed by atoms with van der Waals surface area (Å²) in [5.41, 5.74) is 1.92. The second-order valence-electron chi connectivity index (χ2n) is 10.7. The molecule has 11 heteroatoms. The molecule has 9 nitrogen and oxygen atoms in total. The lowest BCUT2D eigenvalue weighted by Gasteiger charge is -2.28. The maximum Gasteiger partial charge on any atom is 0.338 e. The van der Waals surface area contributed by atoms with Gasteiger partial charge in [0.2, 0.25) is 0 Å². The first-order valence-corrected chi connectivity index (χ1v) is 16.2. The molecule has 3 aromatic carbocycles. The van der Waals surface area contributed by atoms with Crippen molar-refractivity contribution >= 4 is 51.7 Å². The lowest BCUT2D eigenvalue weighted by molar-refractivity contribution is -0.139. The summed E-state index contributed by atoms with van der Waals surface area (Å²) in [4.78, 5) is 45.8. The Labute approximate surface area is 279 Å². The number of hydrogen-bond acceptors (Lipinski definition) is 9. The van der Waals surface area contributed by atoms with E-state index in [9.17, 15) is 14.4 Å². The van der Waals surface area contributed by atoms with E-state index < -0.39 is 18.0 Å². The van der Waals surface area contributed by atoms with Crippen LogP contribution in [0.2, 0.25) is 5.02 Å². The Morgan fingerprint density at radius 3 is 2.60 bits per heavy atom. The van der Waals surface area contributed by atoms with Gasteiger partial charge in [-0.2, -0.15) is 0 Å². The third-order valence-corrected chi connectivity index (χ3v) is 9.09. The summed E-state index contributed by atoms with van der Waals surface area (Å²) < 4.78 is 24.3. The smallest absolute Gasteiger partial charge is 0.338 e. The van der Waals surface area contributed by atoms with Gasteiger partial charge < -0.3 is 18.6 Å². The highest BCUT2D eigenvalue weighted by atomic mass is 35.5. The number of allylic oxidation sites excluding steroid dienone is 1.